The lowest BCUT2D eigenvalue weighted by Crippen LogP contribution is -2.37. The first kappa shape index (κ1) is 32.8. The number of methoxy groups -OCH3 is 1. The SMILES string of the molecule is COS[P@]1(=O)OC[C@@H](OC)[C@@H](F)[C@H](n2cnc3c(N)ncnc32)OP(=O)(O)OC[C@H]2O[C@@H](n3ccc(=O)[nH]c3=O)[C@H](F)[C@@H]2O1. The highest BCUT2D eigenvalue weighted by Crippen LogP contribution is 2.63. The van der Waals surface area contributed by atoms with Crippen LogP contribution in [0, 0.1) is 0 Å². The van der Waals surface area contributed by atoms with Gasteiger partial charge in [-0.1, -0.05) is 0 Å². The summed E-state index contributed by atoms with van der Waals surface area (Å²) in [5.74, 6) is -0.0834. The Morgan fingerprint density at radius 1 is 1.09 bits per heavy atom. The third kappa shape index (κ3) is 6.65. The van der Waals surface area contributed by atoms with Gasteiger partial charge in [-0.25, -0.2) is 37.7 Å². The lowest BCUT2D eigenvalue weighted by Gasteiger charge is -2.29. The third-order valence-corrected chi connectivity index (χ3v) is 10.3. The Morgan fingerprint density at radius 3 is 2.57 bits per heavy atom. The fraction of sp³-hybridized carbons (Fsp3) is 0.550. The highest BCUT2D eigenvalue weighted by molar-refractivity contribution is 8.52. The van der Waals surface area contributed by atoms with Crippen LogP contribution in [0.5, 0.6) is 0 Å². The van der Waals surface area contributed by atoms with Gasteiger partial charge in [-0.3, -0.25) is 37.0 Å². The molecule has 3 aromatic rings. The number of hydrogen-bond acceptors (Lipinski definition) is 16. The second kappa shape index (κ2) is 13.0. The summed E-state index contributed by atoms with van der Waals surface area (Å²) >= 11 is 0.152. The molecule has 44 heavy (non-hydrogen) atoms. The smallest absolute Gasteiger partial charge is 0.382 e. The minimum Gasteiger partial charge on any atom is -0.382 e. The van der Waals surface area contributed by atoms with Crippen molar-refractivity contribution in [2.24, 2.45) is 0 Å². The molecule has 3 aromatic heterocycles. The predicted octanol–water partition coefficient (Wildman–Crippen LogP) is 0.998. The van der Waals surface area contributed by atoms with Crippen LogP contribution in [0.3, 0.4) is 0 Å². The Morgan fingerprint density at radius 2 is 1.86 bits per heavy atom. The first-order valence-electron chi connectivity index (χ1n) is 12.4. The van der Waals surface area contributed by atoms with Crippen molar-refractivity contribution in [3.8, 4) is 0 Å². The Balaban J connectivity index is 1.54. The molecule has 2 fully saturated rings. The van der Waals surface area contributed by atoms with Gasteiger partial charge in [-0.15, -0.1) is 0 Å². The molecule has 9 atom stereocenters. The molecule has 0 radical (unpaired) electrons. The molecule has 19 nitrogen and oxygen atoms in total. The zero-order valence-electron chi connectivity index (χ0n) is 22.6. The van der Waals surface area contributed by atoms with Crippen LogP contribution in [0.25, 0.3) is 11.2 Å². The number of phosphoric acid groups is 1. The fourth-order valence-electron chi connectivity index (χ4n) is 4.41. The number of H-pyrrole nitrogens is 1. The quantitative estimate of drug-likeness (QED) is 0.250. The number of nitrogens with two attached hydrogens (primary N) is 1. The maximum Gasteiger partial charge on any atom is 0.474 e. The molecule has 0 spiro atoms. The van der Waals surface area contributed by atoms with Crippen molar-refractivity contribution in [1.82, 2.24) is 29.1 Å². The molecule has 4 N–H and O–H groups in total. The summed E-state index contributed by atoms with van der Waals surface area (Å²) in [5.41, 5.74) is 3.90. The third-order valence-electron chi connectivity index (χ3n) is 6.44. The Kier molecular flexibility index (Phi) is 9.69. The van der Waals surface area contributed by atoms with E-state index >= 15 is 8.78 Å². The fourth-order valence-corrected chi connectivity index (χ4v) is 7.76. The van der Waals surface area contributed by atoms with Gasteiger partial charge in [0.1, 0.15) is 41.8 Å². The van der Waals surface area contributed by atoms with Crippen LogP contribution in [0.2, 0.25) is 0 Å². The van der Waals surface area contributed by atoms with E-state index in [4.69, 9.17) is 37.5 Å². The molecule has 242 valence electrons. The average molecular weight is 687 g/mol. The first-order valence-corrected chi connectivity index (χ1v) is 16.8. The van der Waals surface area contributed by atoms with Crippen molar-refractivity contribution in [2.75, 3.05) is 33.2 Å². The predicted molar refractivity (Wildman–Crippen MR) is 144 cm³/mol. The molecule has 0 aliphatic carbocycles. The summed E-state index contributed by atoms with van der Waals surface area (Å²) in [6, 6.07) is 0.921. The monoisotopic (exact) mass is 687 g/mol. The number of alkyl halides is 2. The number of hydrogen-bond donors (Lipinski definition) is 3. The van der Waals surface area contributed by atoms with Crippen LogP contribution >= 0.6 is 26.3 Å². The zero-order chi connectivity index (χ0) is 31.8. The van der Waals surface area contributed by atoms with E-state index in [1.807, 2.05) is 4.98 Å². The number of imidazole rings is 1. The largest absolute Gasteiger partial charge is 0.474 e. The van der Waals surface area contributed by atoms with Gasteiger partial charge in [0.2, 0.25) is 0 Å². The van der Waals surface area contributed by atoms with Gasteiger partial charge in [0.05, 0.1) is 26.7 Å². The number of nitrogens with one attached hydrogen (secondary N) is 1. The number of rotatable bonds is 5. The van der Waals surface area contributed by atoms with E-state index in [2.05, 4.69) is 15.0 Å². The summed E-state index contributed by atoms with van der Waals surface area (Å²) in [6.45, 7) is -6.37. The number of nitrogen functional groups attached to an aromatic ring is 1. The molecule has 2 aliphatic rings. The number of ether oxygens (including phenoxy) is 2. The molecule has 5 rings (SSSR count). The molecular formula is C20H25F2N7O12P2S. The Labute approximate surface area is 249 Å². The summed E-state index contributed by atoms with van der Waals surface area (Å²) in [4.78, 5) is 48.2. The van der Waals surface area contributed by atoms with Gasteiger partial charge in [-0.05, 0) is 0 Å². The van der Waals surface area contributed by atoms with E-state index < -0.39 is 82.2 Å². The number of nitrogens with zero attached hydrogens (tertiary/aromatic N) is 5. The lowest BCUT2D eigenvalue weighted by atomic mass is 10.1. The van der Waals surface area contributed by atoms with Crippen molar-refractivity contribution in [3.05, 3.63) is 45.8 Å². The zero-order valence-corrected chi connectivity index (χ0v) is 25.2. The summed E-state index contributed by atoms with van der Waals surface area (Å²) in [6.07, 6.45) is -10.7. The Hall–Kier alpha value is -2.62. The number of phosphoric ester groups is 1. The van der Waals surface area contributed by atoms with Crippen LogP contribution in [0.1, 0.15) is 12.5 Å². The topological polar surface area (TPSA) is 243 Å². The second-order valence-electron chi connectivity index (χ2n) is 9.14. The molecule has 2 saturated heterocycles. The molecule has 24 heteroatoms. The molecule has 0 saturated carbocycles. The number of aromatic nitrogens is 6. The Bertz CT molecular complexity index is 1710. The van der Waals surface area contributed by atoms with Crippen LogP contribution in [0.15, 0.2) is 34.5 Å². The maximum absolute atomic E-state index is 16.1. The summed E-state index contributed by atoms with van der Waals surface area (Å²) in [5, 5.41) is 0. The molecule has 0 bridgehead atoms. The summed E-state index contributed by atoms with van der Waals surface area (Å²) < 4.78 is 97.2. The van der Waals surface area contributed by atoms with E-state index in [-0.39, 0.29) is 28.6 Å². The molecule has 1 unspecified atom stereocenters. The van der Waals surface area contributed by atoms with Gasteiger partial charge < -0.3 is 24.3 Å². The highest BCUT2D eigenvalue weighted by atomic mass is 32.7. The van der Waals surface area contributed by atoms with Gasteiger partial charge in [0.25, 0.3) is 5.56 Å². The van der Waals surface area contributed by atoms with Crippen LogP contribution in [-0.4, -0.2) is 92.1 Å². The minimum absolute atomic E-state index is 0.0132. The molecule has 5 heterocycles. The van der Waals surface area contributed by atoms with Gasteiger partial charge in [0, 0.05) is 19.4 Å². The van der Waals surface area contributed by atoms with Gasteiger partial charge in [-0.2, -0.15) is 0 Å². The number of aromatic amines is 1. The van der Waals surface area contributed by atoms with Crippen molar-refractivity contribution in [2.45, 2.75) is 43.1 Å². The van der Waals surface area contributed by atoms with Gasteiger partial charge >= 0.3 is 20.3 Å². The first-order chi connectivity index (χ1) is 20.9. The van der Waals surface area contributed by atoms with Crippen molar-refractivity contribution < 1.29 is 54.6 Å². The van der Waals surface area contributed by atoms with Crippen LogP contribution in [0.4, 0.5) is 14.6 Å². The van der Waals surface area contributed by atoms with Crippen LogP contribution in [-0.2, 0) is 40.9 Å². The normalized spacial score (nSPS) is 35.4. The molecule has 0 amide bonds. The second-order valence-corrected chi connectivity index (χ2v) is 14.2. The van der Waals surface area contributed by atoms with E-state index in [9.17, 15) is 23.6 Å². The minimum atomic E-state index is -5.27. The maximum atomic E-state index is 16.1. The molecule has 2 aliphatic heterocycles. The lowest BCUT2D eigenvalue weighted by molar-refractivity contribution is -0.0786. The van der Waals surface area contributed by atoms with Crippen LogP contribution < -0.4 is 17.0 Å². The number of anilines is 1. The number of fused-ring (bicyclic) bond motifs is 2. The molecule has 0 aromatic carbocycles. The molecular weight excluding hydrogens is 662 g/mol. The van der Waals surface area contributed by atoms with E-state index in [0.29, 0.717) is 4.57 Å². The standard InChI is InChI=1S/C20H25F2N7O12P2S/c1-35-9-5-38-43(34,44-36-2)40-15-10(39-18(13(15)22)28-4-3-11(30)27-20(28)31)6-37-42(32,33)41-19(12(9)21)29-8-26-14-16(23)24-7-25-17(14)29/h3-4,7-10,12-13,15,18-19H,5-6H2,1-2H3,(H,32,33)(H2,23,24,25)(H,27,30,31)/t9-,10-,12-,13-,15-,18-,19-,43-/m1/s1. The van der Waals surface area contributed by atoms with E-state index in [1.54, 1.807) is 0 Å². The average Bonchev–Trinajstić information content (AvgIpc) is 3.53. The van der Waals surface area contributed by atoms with E-state index in [0.717, 1.165) is 43.7 Å². The van der Waals surface area contributed by atoms with Crippen molar-refractivity contribution >= 4 is 43.3 Å². The highest BCUT2D eigenvalue weighted by Gasteiger charge is 2.52. The van der Waals surface area contributed by atoms with Crippen molar-refractivity contribution in [1.29, 1.82) is 0 Å². The van der Waals surface area contributed by atoms with E-state index in [1.165, 1.54) is 0 Å². The number of halogens is 2. The van der Waals surface area contributed by atoms with Crippen molar-refractivity contribution in [3.63, 3.8) is 0 Å². The summed E-state index contributed by atoms with van der Waals surface area (Å²) in [7, 11) is -3.10. The van der Waals surface area contributed by atoms with Gasteiger partial charge in [0.15, 0.2) is 36.3 Å².